The average molecular weight is 331 g/mol. The first-order valence-corrected chi connectivity index (χ1v) is 10.00. The van der Waals surface area contributed by atoms with Crippen LogP contribution in [0.5, 0.6) is 0 Å². The van der Waals surface area contributed by atoms with Gasteiger partial charge in [-0.1, -0.05) is 43.2 Å². The van der Waals surface area contributed by atoms with Crippen LogP contribution in [0.1, 0.15) is 81.0 Å². The molecule has 25 heavy (non-hydrogen) atoms. The summed E-state index contributed by atoms with van der Waals surface area (Å²) in [5.41, 5.74) is 7.76. The molecule has 0 N–H and O–H groups in total. The number of hydrogen-bond donors (Lipinski definition) is 0. The summed E-state index contributed by atoms with van der Waals surface area (Å²) >= 11 is 0. The van der Waals surface area contributed by atoms with Crippen LogP contribution in [0.3, 0.4) is 0 Å². The second-order valence-electron chi connectivity index (χ2n) is 8.44. The molecule has 1 aromatic rings. The smallest absolute Gasteiger partial charge is 0.0320 e. The minimum absolute atomic E-state index is 0.473. The van der Waals surface area contributed by atoms with Gasteiger partial charge in [-0.3, -0.25) is 0 Å². The minimum atomic E-state index is 0.473. The topological polar surface area (TPSA) is 0 Å². The molecule has 0 amide bonds. The van der Waals surface area contributed by atoms with E-state index >= 15 is 0 Å². The Morgan fingerprint density at radius 1 is 1.20 bits per heavy atom. The number of allylic oxidation sites excluding steroid dienone is 2. The number of fused-ring (bicyclic) bond motifs is 5. The summed E-state index contributed by atoms with van der Waals surface area (Å²) in [6.45, 7) is 10.7. The zero-order chi connectivity index (χ0) is 17.6. The molecule has 0 heteroatoms. The molecule has 0 bridgehead atoms. The van der Waals surface area contributed by atoms with Crippen molar-refractivity contribution in [2.75, 3.05) is 0 Å². The van der Waals surface area contributed by atoms with Gasteiger partial charge in [0.05, 0.1) is 0 Å². The Morgan fingerprint density at radius 3 is 2.76 bits per heavy atom. The van der Waals surface area contributed by atoms with Crippen molar-refractivity contribution < 1.29 is 0 Å². The third-order valence-corrected chi connectivity index (χ3v) is 7.57. The molecule has 0 aromatic heterocycles. The summed E-state index contributed by atoms with van der Waals surface area (Å²) in [7, 11) is 0. The quantitative estimate of drug-likeness (QED) is 0.407. The van der Waals surface area contributed by atoms with Crippen molar-refractivity contribution in [3.05, 3.63) is 52.6 Å². The Morgan fingerprint density at radius 2 is 2.04 bits per heavy atom. The number of rotatable bonds is 1. The van der Waals surface area contributed by atoms with E-state index in [9.17, 15) is 0 Å². The van der Waals surface area contributed by atoms with E-state index in [1.807, 2.05) is 13.0 Å². The van der Waals surface area contributed by atoms with Crippen LogP contribution in [0, 0.1) is 29.1 Å². The van der Waals surface area contributed by atoms with Gasteiger partial charge >= 0.3 is 0 Å². The van der Waals surface area contributed by atoms with Crippen molar-refractivity contribution in [3.63, 3.8) is 0 Å². The Balaban J connectivity index is 1.75. The fourth-order valence-electron chi connectivity index (χ4n) is 6.37. The molecule has 2 fully saturated rings. The minimum Gasteiger partial charge on any atom is -0.101 e. The predicted molar refractivity (Wildman–Crippen MR) is 107 cm³/mol. The Labute approximate surface area is 153 Å². The molecule has 4 rings (SSSR count). The summed E-state index contributed by atoms with van der Waals surface area (Å²) in [6, 6.07) is 4.78. The first kappa shape index (κ1) is 16.7. The third-order valence-electron chi connectivity index (χ3n) is 7.57. The SMILES string of the molecule is C=Cc1cc2c(cc1C#CC)C1CC[C@]3(C)C(=CC)CCC3C1CC2. The first-order chi connectivity index (χ1) is 12.1. The first-order valence-electron chi connectivity index (χ1n) is 10.00. The fraction of sp³-hybridized carbons (Fsp3) is 0.520. The molecule has 4 atom stereocenters. The zero-order valence-corrected chi connectivity index (χ0v) is 16.0. The fourth-order valence-corrected chi connectivity index (χ4v) is 6.37. The average Bonchev–Trinajstić information content (AvgIpc) is 2.97. The highest BCUT2D eigenvalue weighted by molar-refractivity contribution is 5.61. The lowest BCUT2D eigenvalue weighted by Gasteiger charge is -2.49. The monoisotopic (exact) mass is 330 g/mol. The van der Waals surface area contributed by atoms with Crippen LogP contribution in [0.25, 0.3) is 6.08 Å². The van der Waals surface area contributed by atoms with Crippen molar-refractivity contribution in [2.24, 2.45) is 17.3 Å². The Kier molecular flexibility index (Phi) is 4.15. The molecule has 0 saturated heterocycles. The number of benzene rings is 1. The largest absolute Gasteiger partial charge is 0.101 e. The predicted octanol–water partition coefficient (Wildman–Crippen LogP) is 6.50. The van der Waals surface area contributed by atoms with E-state index in [1.165, 1.54) is 49.7 Å². The number of aryl methyl sites for hydroxylation is 1. The molecule has 3 unspecified atom stereocenters. The summed E-state index contributed by atoms with van der Waals surface area (Å²) < 4.78 is 0. The maximum atomic E-state index is 4.00. The van der Waals surface area contributed by atoms with Gasteiger partial charge < -0.3 is 0 Å². The second-order valence-corrected chi connectivity index (χ2v) is 8.44. The van der Waals surface area contributed by atoms with E-state index < -0.39 is 0 Å². The normalized spacial score (nSPS) is 34.5. The highest BCUT2D eigenvalue weighted by Gasteiger charge is 2.52. The van der Waals surface area contributed by atoms with Gasteiger partial charge in [0.25, 0.3) is 0 Å². The van der Waals surface area contributed by atoms with Gasteiger partial charge in [-0.25, -0.2) is 0 Å². The number of hydrogen-bond acceptors (Lipinski definition) is 0. The van der Waals surface area contributed by atoms with Crippen LogP contribution in [0.2, 0.25) is 0 Å². The standard InChI is InChI=1S/C25H30/c1-5-8-18-16-23-19(15-17(18)6-2)9-11-22-21(23)13-14-25(4)20(7-3)10-12-24(22)25/h6-7,15-16,21-22,24H,2,9-14H2,1,3-4H3/t21?,22?,24?,25-/m1/s1. The summed E-state index contributed by atoms with van der Waals surface area (Å²) in [5.74, 6) is 8.89. The Bertz CT molecular complexity index is 797. The van der Waals surface area contributed by atoms with Crippen molar-refractivity contribution in [1.29, 1.82) is 0 Å². The van der Waals surface area contributed by atoms with Crippen molar-refractivity contribution >= 4 is 6.08 Å². The van der Waals surface area contributed by atoms with E-state index in [0.717, 1.165) is 17.8 Å². The van der Waals surface area contributed by atoms with Crippen molar-refractivity contribution in [3.8, 4) is 11.8 Å². The van der Waals surface area contributed by atoms with Crippen LogP contribution in [0.15, 0.2) is 30.4 Å². The molecule has 0 heterocycles. The highest BCUT2D eigenvalue weighted by Crippen LogP contribution is 2.62. The molecule has 0 radical (unpaired) electrons. The maximum Gasteiger partial charge on any atom is 0.0320 e. The van der Waals surface area contributed by atoms with E-state index in [-0.39, 0.29) is 0 Å². The maximum absolute atomic E-state index is 4.00. The lowest BCUT2D eigenvalue weighted by molar-refractivity contribution is 0.0813. The highest BCUT2D eigenvalue weighted by atomic mass is 14.6. The summed E-state index contributed by atoms with van der Waals surface area (Å²) in [6.07, 6.45) is 12.4. The van der Waals surface area contributed by atoms with E-state index in [4.69, 9.17) is 0 Å². The Hall–Kier alpha value is -1.74. The van der Waals surface area contributed by atoms with Gasteiger partial charge in [0.1, 0.15) is 0 Å². The molecule has 0 spiro atoms. The van der Waals surface area contributed by atoms with E-state index in [2.05, 4.69) is 50.5 Å². The molecule has 130 valence electrons. The van der Waals surface area contributed by atoms with Gasteiger partial charge in [-0.15, -0.1) is 5.92 Å². The van der Waals surface area contributed by atoms with Crippen LogP contribution in [0.4, 0.5) is 0 Å². The van der Waals surface area contributed by atoms with Crippen molar-refractivity contribution in [2.45, 2.75) is 65.2 Å². The van der Waals surface area contributed by atoms with E-state index in [0.29, 0.717) is 5.41 Å². The van der Waals surface area contributed by atoms with Crippen molar-refractivity contribution in [1.82, 2.24) is 0 Å². The van der Waals surface area contributed by atoms with Gasteiger partial charge in [0, 0.05) is 5.56 Å². The molecule has 0 aliphatic heterocycles. The van der Waals surface area contributed by atoms with Crippen LogP contribution >= 0.6 is 0 Å². The summed E-state index contributed by atoms with van der Waals surface area (Å²) in [4.78, 5) is 0. The van der Waals surface area contributed by atoms with Crippen LogP contribution in [-0.2, 0) is 6.42 Å². The molecule has 3 aliphatic carbocycles. The lowest BCUT2D eigenvalue weighted by Crippen LogP contribution is -2.40. The molecule has 2 saturated carbocycles. The molecular formula is C25H30. The van der Waals surface area contributed by atoms with E-state index in [1.54, 1.807) is 16.7 Å². The van der Waals surface area contributed by atoms with Gasteiger partial charge in [0.2, 0.25) is 0 Å². The molecule has 0 nitrogen and oxygen atoms in total. The van der Waals surface area contributed by atoms with Crippen LogP contribution < -0.4 is 0 Å². The van der Waals surface area contributed by atoms with Gasteiger partial charge in [-0.2, -0.15) is 0 Å². The second kappa shape index (κ2) is 6.21. The molecule has 1 aromatic carbocycles. The molecular weight excluding hydrogens is 300 g/mol. The van der Waals surface area contributed by atoms with Crippen LogP contribution in [-0.4, -0.2) is 0 Å². The lowest BCUT2D eigenvalue weighted by atomic mass is 9.55. The summed E-state index contributed by atoms with van der Waals surface area (Å²) in [5, 5.41) is 0. The third kappa shape index (κ3) is 2.43. The van der Waals surface area contributed by atoms with Gasteiger partial charge in [0.15, 0.2) is 0 Å². The van der Waals surface area contributed by atoms with Gasteiger partial charge in [-0.05, 0) is 98.3 Å². The molecule has 3 aliphatic rings. The zero-order valence-electron chi connectivity index (χ0n) is 16.0.